The standard InChI is InChI=1S/C38H44O9/c1-40-26-47-35-33(39)34(43-24-29-14-18-31(41-2)19-15-29)36(45-25-30-16-20-32(42-3)21-17-30)38(46-23-28-12-8-5-9-13-28)37(35)44-22-27-10-6-4-7-11-27/h4-21,33-39H,22-26H2,1-3H3/t33-,34+,35-,36-,37+,38+/m0/s1. The van der Waals surface area contributed by atoms with Crippen LogP contribution in [0.25, 0.3) is 0 Å². The van der Waals surface area contributed by atoms with Crippen LogP contribution >= 0.6 is 0 Å². The molecule has 47 heavy (non-hydrogen) atoms. The van der Waals surface area contributed by atoms with E-state index in [9.17, 15) is 5.11 Å². The summed E-state index contributed by atoms with van der Waals surface area (Å²) in [4.78, 5) is 0. The molecule has 9 nitrogen and oxygen atoms in total. The van der Waals surface area contributed by atoms with Crippen LogP contribution in [0.15, 0.2) is 109 Å². The number of aliphatic hydroxyl groups excluding tert-OH is 1. The van der Waals surface area contributed by atoms with Crippen molar-refractivity contribution in [1.82, 2.24) is 0 Å². The molecule has 0 aromatic heterocycles. The van der Waals surface area contributed by atoms with E-state index in [-0.39, 0.29) is 33.2 Å². The Morgan fingerprint density at radius 3 is 1.15 bits per heavy atom. The zero-order valence-electron chi connectivity index (χ0n) is 27.1. The van der Waals surface area contributed by atoms with Gasteiger partial charge in [-0.15, -0.1) is 0 Å². The van der Waals surface area contributed by atoms with Crippen LogP contribution in [0, 0.1) is 0 Å². The Bertz CT molecular complexity index is 1430. The lowest BCUT2D eigenvalue weighted by molar-refractivity contribution is -0.290. The van der Waals surface area contributed by atoms with Crippen LogP contribution in [-0.2, 0) is 54.8 Å². The summed E-state index contributed by atoms with van der Waals surface area (Å²) in [6, 6.07) is 35.0. The van der Waals surface area contributed by atoms with Crippen LogP contribution < -0.4 is 9.47 Å². The highest BCUT2D eigenvalue weighted by Gasteiger charge is 2.54. The topological polar surface area (TPSA) is 94.1 Å². The van der Waals surface area contributed by atoms with Gasteiger partial charge in [-0.1, -0.05) is 84.9 Å². The molecule has 0 bridgehead atoms. The molecule has 0 saturated heterocycles. The Kier molecular flexibility index (Phi) is 13.2. The lowest BCUT2D eigenvalue weighted by Gasteiger charge is -2.48. The maximum Gasteiger partial charge on any atom is 0.146 e. The zero-order chi connectivity index (χ0) is 32.8. The van der Waals surface area contributed by atoms with E-state index in [1.807, 2.05) is 109 Å². The largest absolute Gasteiger partial charge is 0.497 e. The fourth-order valence-corrected chi connectivity index (χ4v) is 5.60. The van der Waals surface area contributed by atoms with E-state index in [0.29, 0.717) is 0 Å². The average molecular weight is 645 g/mol. The normalized spacial score (nSPS) is 22.6. The molecule has 250 valence electrons. The number of benzene rings is 4. The minimum atomic E-state index is -1.14. The van der Waals surface area contributed by atoms with Crippen LogP contribution in [0.1, 0.15) is 22.3 Å². The summed E-state index contributed by atoms with van der Waals surface area (Å²) < 4.78 is 48.5. The van der Waals surface area contributed by atoms with E-state index in [0.717, 1.165) is 33.8 Å². The van der Waals surface area contributed by atoms with E-state index in [2.05, 4.69) is 0 Å². The molecule has 6 atom stereocenters. The maximum atomic E-state index is 12.0. The van der Waals surface area contributed by atoms with Crippen LogP contribution in [0.3, 0.4) is 0 Å². The molecule has 0 amide bonds. The van der Waals surface area contributed by atoms with Crippen molar-refractivity contribution < 1.29 is 43.0 Å². The van der Waals surface area contributed by atoms with Gasteiger partial charge in [-0.2, -0.15) is 0 Å². The molecule has 5 rings (SSSR count). The fraction of sp³-hybridized carbons (Fsp3) is 0.368. The summed E-state index contributed by atoms with van der Waals surface area (Å²) in [6.45, 7) is 0.965. The first-order chi connectivity index (χ1) is 23.1. The summed E-state index contributed by atoms with van der Waals surface area (Å²) in [7, 11) is 4.80. The third-order valence-electron chi connectivity index (χ3n) is 8.12. The van der Waals surface area contributed by atoms with E-state index in [1.54, 1.807) is 14.2 Å². The molecule has 4 aromatic carbocycles. The Balaban J connectivity index is 1.47. The van der Waals surface area contributed by atoms with Crippen molar-refractivity contribution in [2.24, 2.45) is 0 Å². The Labute approximate surface area is 276 Å². The highest BCUT2D eigenvalue weighted by Crippen LogP contribution is 2.34. The van der Waals surface area contributed by atoms with Crippen molar-refractivity contribution in [3.63, 3.8) is 0 Å². The van der Waals surface area contributed by atoms with Gasteiger partial charge in [0.15, 0.2) is 0 Å². The molecule has 1 fully saturated rings. The maximum absolute atomic E-state index is 12.0. The average Bonchev–Trinajstić information content (AvgIpc) is 3.13. The number of aliphatic hydroxyl groups is 1. The lowest BCUT2D eigenvalue weighted by atomic mass is 9.83. The van der Waals surface area contributed by atoms with Gasteiger partial charge in [-0.3, -0.25) is 0 Å². The molecular formula is C38H44O9. The highest BCUT2D eigenvalue weighted by atomic mass is 16.7. The van der Waals surface area contributed by atoms with Gasteiger partial charge >= 0.3 is 0 Å². The lowest BCUT2D eigenvalue weighted by Crippen LogP contribution is -2.67. The third kappa shape index (κ3) is 9.62. The molecular weight excluding hydrogens is 600 g/mol. The van der Waals surface area contributed by atoms with Gasteiger partial charge in [0, 0.05) is 7.11 Å². The highest BCUT2D eigenvalue weighted by molar-refractivity contribution is 5.28. The second kappa shape index (κ2) is 17.9. The molecule has 0 unspecified atom stereocenters. The van der Waals surface area contributed by atoms with Gasteiger partial charge in [0.1, 0.15) is 54.9 Å². The monoisotopic (exact) mass is 644 g/mol. The van der Waals surface area contributed by atoms with Gasteiger partial charge in [0.2, 0.25) is 0 Å². The molecule has 9 heteroatoms. The number of ether oxygens (including phenoxy) is 8. The minimum Gasteiger partial charge on any atom is -0.497 e. The van der Waals surface area contributed by atoms with Crippen LogP contribution in [0.4, 0.5) is 0 Å². The molecule has 0 aliphatic heterocycles. The van der Waals surface area contributed by atoms with Crippen molar-refractivity contribution >= 4 is 0 Å². The Hall–Kier alpha value is -3.80. The second-order valence-electron chi connectivity index (χ2n) is 11.3. The van der Waals surface area contributed by atoms with Crippen LogP contribution in [0.5, 0.6) is 11.5 Å². The molecule has 1 N–H and O–H groups in total. The van der Waals surface area contributed by atoms with Gasteiger partial charge in [0.25, 0.3) is 0 Å². The SMILES string of the molecule is COCO[C@H]1[C@@H](O)[C@@H](OCc2ccc(OC)cc2)[C@H](OCc2ccc(OC)cc2)[C@@H](OCc2ccccc2)[C@@H]1OCc1ccccc1. The zero-order valence-corrected chi connectivity index (χ0v) is 27.1. The van der Waals surface area contributed by atoms with Crippen molar-refractivity contribution in [2.75, 3.05) is 28.1 Å². The quantitative estimate of drug-likeness (QED) is 0.145. The summed E-state index contributed by atoms with van der Waals surface area (Å²) in [5.74, 6) is 1.49. The first-order valence-corrected chi connectivity index (χ1v) is 15.7. The van der Waals surface area contributed by atoms with Crippen molar-refractivity contribution in [1.29, 1.82) is 0 Å². The fourth-order valence-electron chi connectivity index (χ4n) is 5.60. The minimum absolute atomic E-state index is 0.0547. The summed E-state index contributed by atoms with van der Waals surface area (Å²) >= 11 is 0. The van der Waals surface area contributed by atoms with Crippen LogP contribution in [0.2, 0.25) is 0 Å². The van der Waals surface area contributed by atoms with Crippen molar-refractivity contribution in [3.8, 4) is 11.5 Å². The predicted molar refractivity (Wildman–Crippen MR) is 176 cm³/mol. The molecule has 0 heterocycles. The van der Waals surface area contributed by atoms with Gasteiger partial charge < -0.3 is 43.0 Å². The summed E-state index contributed by atoms with van der Waals surface area (Å²) in [5.41, 5.74) is 3.79. The van der Waals surface area contributed by atoms with E-state index in [1.165, 1.54) is 7.11 Å². The molecule has 1 aliphatic rings. The number of rotatable bonds is 17. The van der Waals surface area contributed by atoms with Gasteiger partial charge in [-0.05, 0) is 46.5 Å². The number of methoxy groups -OCH3 is 3. The third-order valence-corrected chi connectivity index (χ3v) is 8.12. The summed E-state index contributed by atoms with van der Waals surface area (Å²) in [6.07, 6.45) is -4.98. The first kappa shape index (κ1) is 34.5. The van der Waals surface area contributed by atoms with E-state index in [4.69, 9.17) is 37.9 Å². The first-order valence-electron chi connectivity index (χ1n) is 15.7. The summed E-state index contributed by atoms with van der Waals surface area (Å²) in [5, 5.41) is 12.0. The molecule has 0 radical (unpaired) electrons. The Morgan fingerprint density at radius 2 is 0.766 bits per heavy atom. The predicted octanol–water partition coefficient (Wildman–Crippen LogP) is 5.71. The molecule has 1 saturated carbocycles. The molecule has 4 aromatic rings. The smallest absolute Gasteiger partial charge is 0.146 e. The van der Waals surface area contributed by atoms with E-state index < -0.39 is 36.6 Å². The van der Waals surface area contributed by atoms with Gasteiger partial charge in [0.05, 0.1) is 40.6 Å². The Morgan fingerprint density at radius 1 is 0.426 bits per heavy atom. The van der Waals surface area contributed by atoms with Crippen molar-refractivity contribution in [3.05, 3.63) is 131 Å². The van der Waals surface area contributed by atoms with Crippen LogP contribution in [-0.4, -0.2) is 69.9 Å². The molecule has 0 spiro atoms. The second-order valence-corrected chi connectivity index (χ2v) is 11.3. The number of hydrogen-bond donors (Lipinski definition) is 1. The van der Waals surface area contributed by atoms with E-state index >= 15 is 0 Å². The number of hydrogen-bond acceptors (Lipinski definition) is 9. The molecule has 1 aliphatic carbocycles. The van der Waals surface area contributed by atoms with Crippen molar-refractivity contribution in [2.45, 2.75) is 63.1 Å². The van der Waals surface area contributed by atoms with Gasteiger partial charge in [-0.25, -0.2) is 0 Å².